The number of thiazole rings is 1. The monoisotopic (exact) mass is 321 g/mol. The van der Waals surface area contributed by atoms with Crippen LogP contribution in [0.3, 0.4) is 0 Å². The van der Waals surface area contributed by atoms with Crippen molar-refractivity contribution in [3.63, 3.8) is 0 Å². The molecular weight excluding hydrogens is 298 g/mol. The Kier molecular flexibility index (Phi) is 6.48. The zero-order valence-electron chi connectivity index (χ0n) is 13.3. The molecule has 0 saturated heterocycles. The van der Waals surface area contributed by atoms with E-state index in [0.29, 0.717) is 0 Å². The fourth-order valence-corrected chi connectivity index (χ4v) is 2.77. The molecule has 1 aromatic carbocycles. The van der Waals surface area contributed by atoms with Crippen LogP contribution in [0.5, 0.6) is 11.5 Å². The average Bonchev–Trinajstić information content (AvgIpc) is 2.98. The van der Waals surface area contributed by atoms with Gasteiger partial charge in [0.05, 0.1) is 19.9 Å². The maximum absolute atomic E-state index is 5.27. The van der Waals surface area contributed by atoms with Gasteiger partial charge in [0.15, 0.2) is 5.13 Å². The van der Waals surface area contributed by atoms with Crippen LogP contribution in [0, 0.1) is 0 Å². The molecule has 0 bridgehead atoms. The van der Waals surface area contributed by atoms with E-state index in [4.69, 9.17) is 9.47 Å². The van der Waals surface area contributed by atoms with E-state index in [1.165, 1.54) is 0 Å². The average molecular weight is 321 g/mol. The van der Waals surface area contributed by atoms with Crippen LogP contribution in [0.15, 0.2) is 23.6 Å². The fraction of sp³-hybridized carbons (Fsp3) is 0.438. The molecule has 0 aliphatic heterocycles. The van der Waals surface area contributed by atoms with Crippen molar-refractivity contribution >= 4 is 22.2 Å². The molecule has 0 aliphatic carbocycles. The predicted octanol–water partition coefficient (Wildman–Crippen LogP) is 3.45. The molecule has 22 heavy (non-hydrogen) atoms. The van der Waals surface area contributed by atoms with Crippen LogP contribution in [0.4, 0.5) is 10.8 Å². The summed E-state index contributed by atoms with van der Waals surface area (Å²) in [4.78, 5) is 4.60. The summed E-state index contributed by atoms with van der Waals surface area (Å²) >= 11 is 1.60. The molecule has 0 fully saturated rings. The van der Waals surface area contributed by atoms with Crippen LogP contribution in [0.1, 0.15) is 19.0 Å². The fourth-order valence-electron chi connectivity index (χ4n) is 2.00. The minimum absolute atomic E-state index is 0.752. The highest BCUT2D eigenvalue weighted by Gasteiger charge is 2.05. The van der Waals surface area contributed by atoms with Gasteiger partial charge < -0.3 is 20.1 Å². The molecule has 2 rings (SSSR count). The molecule has 0 unspecified atom stereocenters. The Morgan fingerprint density at radius 2 is 1.82 bits per heavy atom. The molecule has 1 aromatic heterocycles. The molecule has 1 heterocycles. The molecule has 5 nitrogen and oxygen atoms in total. The van der Waals surface area contributed by atoms with Crippen molar-refractivity contribution in [2.24, 2.45) is 0 Å². The first-order chi connectivity index (χ1) is 10.7. The Bertz CT molecular complexity index is 564. The zero-order chi connectivity index (χ0) is 15.8. The van der Waals surface area contributed by atoms with Gasteiger partial charge in [0.1, 0.15) is 11.5 Å². The molecule has 0 spiro atoms. The highest BCUT2D eigenvalue weighted by molar-refractivity contribution is 7.13. The Morgan fingerprint density at radius 3 is 2.45 bits per heavy atom. The molecule has 0 saturated carbocycles. The third kappa shape index (κ3) is 4.89. The van der Waals surface area contributed by atoms with Crippen molar-refractivity contribution in [1.29, 1.82) is 0 Å². The van der Waals surface area contributed by atoms with Gasteiger partial charge in [0, 0.05) is 42.2 Å². The van der Waals surface area contributed by atoms with Crippen LogP contribution in [-0.4, -0.2) is 32.3 Å². The van der Waals surface area contributed by atoms with Crippen molar-refractivity contribution in [2.75, 3.05) is 32.6 Å². The normalized spacial score (nSPS) is 10.5. The molecule has 2 aromatic rings. The van der Waals surface area contributed by atoms with Gasteiger partial charge >= 0.3 is 0 Å². The largest absolute Gasteiger partial charge is 0.497 e. The SMILES string of the molecule is CCCNCCc1csc(Nc2cc(OC)cc(OC)c2)n1. The van der Waals surface area contributed by atoms with Gasteiger partial charge in [-0.05, 0) is 13.0 Å². The predicted molar refractivity (Wildman–Crippen MR) is 91.8 cm³/mol. The van der Waals surface area contributed by atoms with Crippen molar-refractivity contribution < 1.29 is 9.47 Å². The summed E-state index contributed by atoms with van der Waals surface area (Å²) < 4.78 is 10.5. The molecule has 0 atom stereocenters. The molecule has 6 heteroatoms. The van der Waals surface area contributed by atoms with Crippen molar-refractivity contribution in [3.8, 4) is 11.5 Å². The van der Waals surface area contributed by atoms with E-state index in [-0.39, 0.29) is 0 Å². The molecule has 0 aliphatic rings. The first kappa shape index (κ1) is 16.6. The maximum atomic E-state index is 5.27. The topological polar surface area (TPSA) is 55.4 Å². The van der Waals surface area contributed by atoms with Crippen LogP contribution in [0.25, 0.3) is 0 Å². The van der Waals surface area contributed by atoms with Crippen molar-refractivity contribution in [2.45, 2.75) is 19.8 Å². The van der Waals surface area contributed by atoms with E-state index in [1.807, 2.05) is 18.2 Å². The second kappa shape index (κ2) is 8.60. The molecule has 120 valence electrons. The van der Waals surface area contributed by atoms with Gasteiger partial charge in [-0.15, -0.1) is 11.3 Å². The van der Waals surface area contributed by atoms with Crippen LogP contribution in [-0.2, 0) is 6.42 Å². The number of benzene rings is 1. The van der Waals surface area contributed by atoms with Crippen molar-refractivity contribution in [3.05, 3.63) is 29.3 Å². The lowest BCUT2D eigenvalue weighted by Crippen LogP contribution is -2.17. The maximum Gasteiger partial charge on any atom is 0.187 e. The van der Waals surface area contributed by atoms with E-state index in [2.05, 4.69) is 27.9 Å². The van der Waals surface area contributed by atoms with Gasteiger partial charge in [0.25, 0.3) is 0 Å². The minimum Gasteiger partial charge on any atom is -0.497 e. The van der Waals surface area contributed by atoms with Crippen LogP contribution in [0.2, 0.25) is 0 Å². The number of aromatic nitrogens is 1. The summed E-state index contributed by atoms with van der Waals surface area (Å²) in [5, 5.41) is 9.65. The molecule has 2 N–H and O–H groups in total. The number of rotatable bonds is 9. The lowest BCUT2D eigenvalue weighted by molar-refractivity contribution is 0.395. The van der Waals surface area contributed by atoms with E-state index < -0.39 is 0 Å². The number of nitrogens with one attached hydrogen (secondary N) is 2. The molecular formula is C16H23N3O2S. The smallest absolute Gasteiger partial charge is 0.187 e. The zero-order valence-corrected chi connectivity index (χ0v) is 14.1. The Labute approximate surface area is 135 Å². The lowest BCUT2D eigenvalue weighted by Gasteiger charge is -2.08. The van der Waals surface area contributed by atoms with Crippen molar-refractivity contribution in [1.82, 2.24) is 10.3 Å². The number of methoxy groups -OCH3 is 2. The highest BCUT2D eigenvalue weighted by atomic mass is 32.1. The van der Waals surface area contributed by atoms with E-state index in [1.54, 1.807) is 25.6 Å². The van der Waals surface area contributed by atoms with E-state index in [0.717, 1.165) is 53.9 Å². The third-order valence-corrected chi connectivity index (χ3v) is 3.95. The summed E-state index contributed by atoms with van der Waals surface area (Å²) in [5.41, 5.74) is 2.01. The summed E-state index contributed by atoms with van der Waals surface area (Å²) in [7, 11) is 3.28. The number of anilines is 2. The van der Waals surface area contributed by atoms with E-state index in [9.17, 15) is 0 Å². The quantitative estimate of drug-likeness (QED) is 0.693. The highest BCUT2D eigenvalue weighted by Crippen LogP contribution is 2.29. The molecule has 0 radical (unpaired) electrons. The summed E-state index contributed by atoms with van der Waals surface area (Å²) in [6, 6.07) is 5.69. The van der Waals surface area contributed by atoms with Gasteiger partial charge in [-0.25, -0.2) is 4.98 Å². The summed E-state index contributed by atoms with van der Waals surface area (Å²) in [6.07, 6.45) is 2.10. The Balaban J connectivity index is 1.97. The Hall–Kier alpha value is -1.79. The number of hydrogen-bond acceptors (Lipinski definition) is 6. The first-order valence-electron chi connectivity index (χ1n) is 7.40. The van der Waals surface area contributed by atoms with Gasteiger partial charge in [-0.3, -0.25) is 0 Å². The first-order valence-corrected chi connectivity index (χ1v) is 8.28. The van der Waals surface area contributed by atoms with Gasteiger partial charge in [0.2, 0.25) is 0 Å². The Morgan fingerprint density at radius 1 is 1.09 bits per heavy atom. The van der Waals surface area contributed by atoms with Gasteiger partial charge in [-0.2, -0.15) is 0 Å². The van der Waals surface area contributed by atoms with Crippen LogP contribution >= 0.6 is 11.3 Å². The van der Waals surface area contributed by atoms with E-state index >= 15 is 0 Å². The summed E-state index contributed by atoms with van der Waals surface area (Å²) in [6.45, 7) is 4.18. The standard InChI is InChI=1S/C16H23N3O2S/c1-4-6-17-7-5-12-11-22-16(18-12)19-13-8-14(20-2)10-15(9-13)21-3/h8-11,17H,4-7H2,1-3H3,(H,18,19). The number of hydrogen-bond donors (Lipinski definition) is 2. The lowest BCUT2D eigenvalue weighted by atomic mass is 10.3. The minimum atomic E-state index is 0.752. The second-order valence-corrected chi connectivity index (χ2v) is 5.73. The number of ether oxygens (including phenoxy) is 2. The second-order valence-electron chi connectivity index (χ2n) is 4.87. The van der Waals surface area contributed by atoms with Gasteiger partial charge in [-0.1, -0.05) is 6.92 Å². The number of nitrogens with zero attached hydrogens (tertiary/aromatic N) is 1. The van der Waals surface area contributed by atoms with Crippen LogP contribution < -0.4 is 20.1 Å². The molecule has 0 amide bonds. The third-order valence-electron chi connectivity index (χ3n) is 3.14. The summed E-state index contributed by atoms with van der Waals surface area (Å²) in [5.74, 6) is 1.50.